The minimum absolute atomic E-state index is 0.0219. The van der Waals surface area contributed by atoms with E-state index in [1.165, 1.54) is 23.5 Å². The molecule has 1 aromatic heterocycles. The molecule has 3 unspecified atom stereocenters. The summed E-state index contributed by atoms with van der Waals surface area (Å²) in [6.07, 6.45) is 8.59. The first-order chi connectivity index (χ1) is 20.2. The quantitative estimate of drug-likeness (QED) is 0.330. The largest absolute Gasteiger partial charge is 0.481 e. The van der Waals surface area contributed by atoms with Crippen molar-refractivity contribution < 1.29 is 29.1 Å². The second-order valence-electron chi connectivity index (χ2n) is 11.3. The highest BCUT2D eigenvalue weighted by Gasteiger charge is 2.42. The van der Waals surface area contributed by atoms with Crippen LogP contribution in [-0.2, 0) is 14.4 Å². The van der Waals surface area contributed by atoms with Crippen LogP contribution in [0.2, 0.25) is 0 Å². The van der Waals surface area contributed by atoms with Gasteiger partial charge in [0.1, 0.15) is 17.8 Å². The summed E-state index contributed by atoms with van der Waals surface area (Å²) in [6, 6.07) is 5.82. The van der Waals surface area contributed by atoms with Gasteiger partial charge in [0.25, 0.3) is 11.8 Å². The van der Waals surface area contributed by atoms with E-state index in [0.717, 1.165) is 32.1 Å². The van der Waals surface area contributed by atoms with Gasteiger partial charge in [-0.05, 0) is 36.8 Å². The smallest absolute Gasteiger partial charge is 0.310 e. The minimum atomic E-state index is -1.13. The molecule has 2 fully saturated rings. The molecule has 224 valence electrons. The molecular weight excluding hydrogens is 540 g/mol. The lowest BCUT2D eigenvalue weighted by Crippen LogP contribution is -2.59. The molecule has 4 amide bonds. The number of benzene rings is 1. The Hall–Kier alpha value is -4.35. The summed E-state index contributed by atoms with van der Waals surface area (Å²) in [4.78, 5) is 74.5. The fourth-order valence-corrected chi connectivity index (χ4v) is 5.68. The van der Waals surface area contributed by atoms with E-state index in [1.807, 2.05) is 0 Å². The van der Waals surface area contributed by atoms with Crippen molar-refractivity contribution in [2.45, 2.75) is 64.1 Å². The van der Waals surface area contributed by atoms with E-state index in [9.17, 15) is 29.1 Å². The molecule has 2 aliphatic rings. The number of nitrogens with one attached hydrogen (secondary N) is 3. The zero-order chi connectivity index (χ0) is 30.2. The minimum Gasteiger partial charge on any atom is -0.481 e. The fourth-order valence-electron chi connectivity index (χ4n) is 5.68. The Balaban J connectivity index is 1.46. The van der Waals surface area contributed by atoms with Crippen LogP contribution in [0.25, 0.3) is 0 Å². The van der Waals surface area contributed by atoms with E-state index in [4.69, 9.17) is 0 Å². The Morgan fingerprint density at radius 2 is 1.64 bits per heavy atom. The van der Waals surface area contributed by atoms with Gasteiger partial charge in [0, 0.05) is 31.0 Å². The van der Waals surface area contributed by atoms with Gasteiger partial charge in [-0.1, -0.05) is 51.3 Å². The number of likely N-dealkylation sites (tertiary alicyclic amines) is 1. The average molecular weight is 579 g/mol. The van der Waals surface area contributed by atoms with Crippen LogP contribution < -0.4 is 16.0 Å². The summed E-state index contributed by atoms with van der Waals surface area (Å²) < 4.78 is 0. The number of aromatic nitrogens is 2. The van der Waals surface area contributed by atoms with Gasteiger partial charge in [-0.15, -0.1) is 0 Å². The maximum atomic E-state index is 13.6. The van der Waals surface area contributed by atoms with E-state index < -0.39 is 47.7 Å². The van der Waals surface area contributed by atoms with Crippen molar-refractivity contribution in [2.75, 3.05) is 13.1 Å². The summed E-state index contributed by atoms with van der Waals surface area (Å²) >= 11 is 0. The lowest BCUT2D eigenvalue weighted by atomic mass is 9.83. The number of hydrogen-bond acceptors (Lipinski definition) is 7. The Morgan fingerprint density at radius 1 is 0.929 bits per heavy atom. The van der Waals surface area contributed by atoms with Crippen LogP contribution >= 0.6 is 0 Å². The van der Waals surface area contributed by atoms with E-state index in [2.05, 4.69) is 25.9 Å². The predicted molar refractivity (Wildman–Crippen MR) is 152 cm³/mol. The van der Waals surface area contributed by atoms with Gasteiger partial charge in [0.05, 0.1) is 18.2 Å². The molecule has 1 saturated heterocycles. The van der Waals surface area contributed by atoms with Crippen molar-refractivity contribution in [1.29, 1.82) is 0 Å². The van der Waals surface area contributed by atoms with Crippen LogP contribution in [0.3, 0.4) is 0 Å². The first-order valence-corrected chi connectivity index (χ1v) is 14.4. The number of amides is 4. The zero-order valence-electron chi connectivity index (χ0n) is 23.9. The van der Waals surface area contributed by atoms with Crippen LogP contribution in [0.4, 0.5) is 0 Å². The molecule has 1 aliphatic heterocycles. The highest BCUT2D eigenvalue weighted by molar-refractivity contribution is 5.97. The van der Waals surface area contributed by atoms with E-state index in [0.29, 0.717) is 5.56 Å². The second kappa shape index (κ2) is 14.0. The molecule has 4 N–H and O–H groups in total. The average Bonchev–Trinajstić information content (AvgIpc) is 3.43. The highest BCUT2D eigenvalue weighted by Crippen LogP contribution is 2.27. The van der Waals surface area contributed by atoms with E-state index >= 15 is 0 Å². The normalized spacial score (nSPS) is 20.4. The van der Waals surface area contributed by atoms with Crippen molar-refractivity contribution >= 4 is 29.6 Å². The zero-order valence-corrected chi connectivity index (χ0v) is 23.9. The van der Waals surface area contributed by atoms with Crippen molar-refractivity contribution in [2.24, 2.45) is 17.8 Å². The number of aliphatic carboxylic acids is 1. The van der Waals surface area contributed by atoms with Gasteiger partial charge < -0.3 is 26.0 Å². The number of carboxylic acid groups (broad SMARTS) is 1. The molecular formula is C30H38N6O6. The third-order valence-electron chi connectivity index (χ3n) is 8.01. The standard InChI is InChI=1S/C30H38N6O6/c1-18(2)24(27(38)33-23-17-36(16-21(23)30(41)42)29(40)20-11-7-4-8-12-20)34-28(39)25(19-9-5-3-6-10-19)35-26(37)22-15-31-13-14-32-22/h4,7-8,11-15,18-19,21,23-25H,3,5-6,9-10,16-17H2,1-2H3,(H,33,38)(H,34,39)(H,35,37)(H,41,42)/t21?,23?,24?,25-/m0/s1. The van der Waals surface area contributed by atoms with Crippen LogP contribution in [0, 0.1) is 17.8 Å². The summed E-state index contributed by atoms with van der Waals surface area (Å²) in [5.74, 6) is -4.48. The van der Waals surface area contributed by atoms with Gasteiger partial charge in [0.15, 0.2) is 0 Å². The molecule has 1 aliphatic carbocycles. The summed E-state index contributed by atoms with van der Waals surface area (Å²) in [6.45, 7) is 3.51. The Morgan fingerprint density at radius 3 is 2.26 bits per heavy atom. The van der Waals surface area contributed by atoms with Crippen molar-refractivity contribution in [3.05, 3.63) is 60.2 Å². The van der Waals surface area contributed by atoms with Crippen molar-refractivity contribution in [3.8, 4) is 0 Å². The number of rotatable bonds is 10. The molecule has 0 spiro atoms. The van der Waals surface area contributed by atoms with Crippen LogP contribution in [0.1, 0.15) is 66.8 Å². The second-order valence-corrected chi connectivity index (χ2v) is 11.3. The topological polar surface area (TPSA) is 171 Å². The van der Waals surface area contributed by atoms with Crippen molar-refractivity contribution in [3.63, 3.8) is 0 Å². The van der Waals surface area contributed by atoms with Crippen LogP contribution in [0.5, 0.6) is 0 Å². The van der Waals surface area contributed by atoms with Crippen LogP contribution in [0.15, 0.2) is 48.9 Å². The number of nitrogens with zero attached hydrogens (tertiary/aromatic N) is 3. The monoisotopic (exact) mass is 578 g/mol. The SMILES string of the molecule is CC(C)C(NC(=O)[C@@H](NC(=O)c1cnccn1)C1CCCCC1)C(=O)NC1CN(C(=O)c2ccccc2)CC1C(=O)O. The predicted octanol–water partition coefficient (Wildman–Crippen LogP) is 1.64. The van der Waals surface area contributed by atoms with Gasteiger partial charge in [-0.3, -0.25) is 29.0 Å². The van der Waals surface area contributed by atoms with E-state index in [-0.39, 0.29) is 36.5 Å². The van der Waals surface area contributed by atoms with Gasteiger partial charge in [0.2, 0.25) is 11.8 Å². The Bertz CT molecular complexity index is 1270. The first kappa shape index (κ1) is 30.6. The summed E-state index contributed by atoms with van der Waals surface area (Å²) in [5, 5.41) is 18.3. The Kier molecular flexibility index (Phi) is 10.2. The number of hydrogen-bond donors (Lipinski definition) is 4. The molecule has 4 rings (SSSR count). The molecule has 4 atom stereocenters. The lowest BCUT2D eigenvalue weighted by molar-refractivity contribution is -0.142. The first-order valence-electron chi connectivity index (χ1n) is 14.4. The fraction of sp³-hybridized carbons (Fsp3) is 0.500. The highest BCUT2D eigenvalue weighted by atomic mass is 16.4. The number of carboxylic acids is 1. The van der Waals surface area contributed by atoms with Gasteiger partial charge >= 0.3 is 5.97 Å². The molecule has 0 radical (unpaired) electrons. The molecule has 2 aromatic rings. The maximum absolute atomic E-state index is 13.6. The Labute approximate surface area is 244 Å². The molecule has 12 nitrogen and oxygen atoms in total. The molecule has 12 heteroatoms. The molecule has 2 heterocycles. The van der Waals surface area contributed by atoms with Gasteiger partial charge in [-0.25, -0.2) is 4.98 Å². The number of carbonyl (C=O) groups is 5. The number of carbonyl (C=O) groups excluding carboxylic acids is 4. The van der Waals surface area contributed by atoms with E-state index in [1.54, 1.807) is 44.2 Å². The molecule has 1 aromatic carbocycles. The summed E-state index contributed by atoms with van der Waals surface area (Å²) in [5.41, 5.74) is 0.512. The maximum Gasteiger partial charge on any atom is 0.310 e. The molecule has 1 saturated carbocycles. The third-order valence-corrected chi connectivity index (χ3v) is 8.01. The summed E-state index contributed by atoms with van der Waals surface area (Å²) in [7, 11) is 0. The lowest BCUT2D eigenvalue weighted by Gasteiger charge is -2.32. The van der Waals surface area contributed by atoms with Gasteiger partial charge in [-0.2, -0.15) is 0 Å². The molecule has 42 heavy (non-hydrogen) atoms. The van der Waals surface area contributed by atoms with Crippen molar-refractivity contribution in [1.82, 2.24) is 30.8 Å². The third kappa shape index (κ3) is 7.48. The van der Waals surface area contributed by atoms with Crippen LogP contribution in [-0.4, -0.2) is 80.8 Å². The molecule has 0 bridgehead atoms.